The summed E-state index contributed by atoms with van der Waals surface area (Å²) in [6.45, 7) is 1.76. The van der Waals surface area contributed by atoms with Gasteiger partial charge < -0.3 is 14.3 Å². The Hall–Kier alpha value is -3.41. The molecule has 3 heterocycles. The van der Waals surface area contributed by atoms with Crippen molar-refractivity contribution in [3.8, 4) is 0 Å². The Kier molecular flexibility index (Phi) is 3.78. The van der Waals surface area contributed by atoms with E-state index in [1.54, 1.807) is 25.4 Å². The molecule has 0 aliphatic carbocycles. The van der Waals surface area contributed by atoms with E-state index in [1.165, 1.54) is 0 Å². The van der Waals surface area contributed by atoms with E-state index in [-0.39, 0.29) is 11.7 Å². The Balaban J connectivity index is 1.72. The summed E-state index contributed by atoms with van der Waals surface area (Å²) >= 11 is 0. The SMILES string of the molecule is Cc1cc(C(=O)N[C@H](c2ccncc2)c2cc3ccccc3o2)on1. The van der Waals surface area contributed by atoms with E-state index in [0.717, 1.165) is 16.5 Å². The second-order valence-electron chi connectivity index (χ2n) is 5.71. The first-order valence-corrected chi connectivity index (χ1v) is 7.83. The third-order valence-corrected chi connectivity index (χ3v) is 3.90. The van der Waals surface area contributed by atoms with E-state index >= 15 is 0 Å². The third-order valence-electron chi connectivity index (χ3n) is 3.90. The summed E-state index contributed by atoms with van der Waals surface area (Å²) in [6.07, 6.45) is 3.35. The van der Waals surface area contributed by atoms with Crippen LogP contribution in [0.2, 0.25) is 0 Å². The largest absolute Gasteiger partial charge is 0.459 e. The van der Waals surface area contributed by atoms with Crippen LogP contribution in [0.25, 0.3) is 11.0 Å². The number of furan rings is 1. The van der Waals surface area contributed by atoms with Crippen LogP contribution in [0, 0.1) is 6.92 Å². The second-order valence-corrected chi connectivity index (χ2v) is 5.71. The lowest BCUT2D eigenvalue weighted by atomic mass is 10.1. The highest BCUT2D eigenvalue weighted by Crippen LogP contribution is 2.28. The number of aryl methyl sites for hydroxylation is 1. The van der Waals surface area contributed by atoms with Crippen molar-refractivity contribution in [3.05, 3.63) is 83.7 Å². The van der Waals surface area contributed by atoms with Crippen LogP contribution in [-0.4, -0.2) is 16.0 Å². The molecule has 0 aliphatic rings. The molecule has 0 radical (unpaired) electrons. The number of nitrogens with zero attached hydrogens (tertiary/aromatic N) is 2. The van der Waals surface area contributed by atoms with Gasteiger partial charge in [-0.2, -0.15) is 0 Å². The Morgan fingerprint density at radius 1 is 1.12 bits per heavy atom. The van der Waals surface area contributed by atoms with Crippen LogP contribution in [0.5, 0.6) is 0 Å². The van der Waals surface area contributed by atoms with Gasteiger partial charge in [-0.05, 0) is 36.8 Å². The van der Waals surface area contributed by atoms with Gasteiger partial charge in [0.25, 0.3) is 5.91 Å². The molecule has 6 heteroatoms. The highest BCUT2D eigenvalue weighted by Gasteiger charge is 2.23. The first kappa shape index (κ1) is 15.1. The first-order chi connectivity index (χ1) is 12.2. The van der Waals surface area contributed by atoms with Gasteiger partial charge >= 0.3 is 0 Å². The number of rotatable bonds is 4. The highest BCUT2D eigenvalue weighted by atomic mass is 16.5. The van der Waals surface area contributed by atoms with Crippen LogP contribution in [0.3, 0.4) is 0 Å². The number of hydrogen-bond acceptors (Lipinski definition) is 5. The Labute approximate surface area is 143 Å². The van der Waals surface area contributed by atoms with Gasteiger partial charge in [0.05, 0.1) is 5.69 Å². The maximum Gasteiger partial charge on any atom is 0.290 e. The van der Waals surface area contributed by atoms with Crippen LogP contribution in [0.15, 0.2) is 69.9 Å². The number of fused-ring (bicyclic) bond motifs is 1. The van der Waals surface area contributed by atoms with Crippen molar-refractivity contribution in [1.29, 1.82) is 0 Å². The predicted octanol–water partition coefficient (Wildman–Crippen LogP) is 3.64. The van der Waals surface area contributed by atoms with Gasteiger partial charge in [-0.1, -0.05) is 23.4 Å². The number of para-hydroxylation sites is 1. The Morgan fingerprint density at radius 3 is 2.64 bits per heavy atom. The van der Waals surface area contributed by atoms with E-state index < -0.39 is 6.04 Å². The third kappa shape index (κ3) is 3.01. The number of benzene rings is 1. The number of nitrogens with one attached hydrogen (secondary N) is 1. The van der Waals surface area contributed by atoms with Gasteiger partial charge in [0.15, 0.2) is 0 Å². The van der Waals surface area contributed by atoms with Crippen molar-refractivity contribution in [2.75, 3.05) is 0 Å². The Bertz CT molecular complexity index is 988. The first-order valence-electron chi connectivity index (χ1n) is 7.83. The number of hydrogen-bond donors (Lipinski definition) is 1. The molecule has 3 aromatic heterocycles. The minimum Gasteiger partial charge on any atom is -0.459 e. The Morgan fingerprint density at radius 2 is 1.92 bits per heavy atom. The monoisotopic (exact) mass is 333 g/mol. The number of pyridine rings is 1. The highest BCUT2D eigenvalue weighted by molar-refractivity contribution is 5.92. The molecule has 0 bridgehead atoms. The summed E-state index contributed by atoms with van der Waals surface area (Å²) < 4.78 is 11.0. The van der Waals surface area contributed by atoms with Crippen molar-refractivity contribution in [2.24, 2.45) is 0 Å². The molecule has 0 fully saturated rings. The van der Waals surface area contributed by atoms with Crippen LogP contribution in [0.1, 0.15) is 33.6 Å². The molecule has 25 heavy (non-hydrogen) atoms. The maximum atomic E-state index is 12.5. The number of amides is 1. The fourth-order valence-corrected chi connectivity index (χ4v) is 2.69. The molecule has 0 spiro atoms. The van der Waals surface area contributed by atoms with Crippen molar-refractivity contribution in [2.45, 2.75) is 13.0 Å². The maximum absolute atomic E-state index is 12.5. The quantitative estimate of drug-likeness (QED) is 0.616. The fourth-order valence-electron chi connectivity index (χ4n) is 2.69. The average molecular weight is 333 g/mol. The zero-order valence-corrected chi connectivity index (χ0v) is 13.5. The van der Waals surface area contributed by atoms with E-state index in [4.69, 9.17) is 8.94 Å². The minimum absolute atomic E-state index is 0.160. The minimum atomic E-state index is -0.465. The van der Waals surface area contributed by atoms with Crippen molar-refractivity contribution < 1.29 is 13.7 Å². The van der Waals surface area contributed by atoms with Crippen molar-refractivity contribution >= 4 is 16.9 Å². The van der Waals surface area contributed by atoms with Crippen molar-refractivity contribution in [3.63, 3.8) is 0 Å². The summed E-state index contributed by atoms with van der Waals surface area (Å²) in [7, 11) is 0. The number of carbonyl (C=O) groups is 1. The lowest BCUT2D eigenvalue weighted by Crippen LogP contribution is -2.28. The summed E-state index contributed by atoms with van der Waals surface area (Å²) in [5.41, 5.74) is 2.27. The van der Waals surface area contributed by atoms with E-state index in [2.05, 4.69) is 15.5 Å². The van der Waals surface area contributed by atoms with Gasteiger partial charge in [-0.25, -0.2) is 0 Å². The second kappa shape index (κ2) is 6.24. The molecule has 0 aliphatic heterocycles. The standard InChI is InChI=1S/C19H15N3O3/c1-12-10-17(25-22-12)19(23)21-18(13-6-8-20-9-7-13)16-11-14-4-2-3-5-15(14)24-16/h2-11,18H,1H3,(H,21,23)/t18-/m1/s1. The molecule has 1 amide bonds. The van der Waals surface area contributed by atoms with E-state index in [0.29, 0.717) is 11.5 Å². The molecule has 0 unspecified atom stereocenters. The molecule has 124 valence electrons. The van der Waals surface area contributed by atoms with E-state index in [9.17, 15) is 4.79 Å². The van der Waals surface area contributed by atoms with Gasteiger partial charge in [-0.15, -0.1) is 0 Å². The molecular weight excluding hydrogens is 318 g/mol. The summed E-state index contributed by atoms with van der Waals surface area (Å²) in [6, 6.07) is 14.4. The molecule has 4 aromatic rings. The zero-order valence-electron chi connectivity index (χ0n) is 13.5. The van der Waals surface area contributed by atoms with Gasteiger partial charge in [0.2, 0.25) is 5.76 Å². The van der Waals surface area contributed by atoms with Crippen LogP contribution >= 0.6 is 0 Å². The zero-order chi connectivity index (χ0) is 17.2. The molecule has 1 aromatic carbocycles. The molecule has 0 saturated heterocycles. The topological polar surface area (TPSA) is 81.2 Å². The van der Waals surface area contributed by atoms with Gasteiger partial charge in [-0.3, -0.25) is 9.78 Å². The van der Waals surface area contributed by atoms with Crippen molar-refractivity contribution in [1.82, 2.24) is 15.5 Å². The van der Waals surface area contributed by atoms with E-state index in [1.807, 2.05) is 42.5 Å². The smallest absolute Gasteiger partial charge is 0.290 e. The molecule has 0 saturated carbocycles. The summed E-state index contributed by atoms with van der Waals surface area (Å²) in [5, 5.41) is 7.68. The predicted molar refractivity (Wildman–Crippen MR) is 91.0 cm³/mol. The summed E-state index contributed by atoms with van der Waals surface area (Å²) in [5.74, 6) is 0.438. The molecule has 1 N–H and O–H groups in total. The lowest BCUT2D eigenvalue weighted by molar-refractivity contribution is 0.0902. The number of carbonyl (C=O) groups excluding carboxylic acids is 1. The molecule has 4 rings (SSSR count). The van der Waals surface area contributed by atoms with Crippen LogP contribution in [0.4, 0.5) is 0 Å². The molecule has 6 nitrogen and oxygen atoms in total. The van der Waals surface area contributed by atoms with Crippen LogP contribution < -0.4 is 5.32 Å². The fraction of sp³-hybridized carbons (Fsp3) is 0.105. The summed E-state index contributed by atoms with van der Waals surface area (Å²) in [4.78, 5) is 16.6. The molecular formula is C19H15N3O3. The normalized spacial score (nSPS) is 12.2. The average Bonchev–Trinajstić information content (AvgIpc) is 3.26. The van der Waals surface area contributed by atoms with Crippen LogP contribution in [-0.2, 0) is 0 Å². The van der Waals surface area contributed by atoms with Gasteiger partial charge in [0, 0.05) is 23.8 Å². The number of aromatic nitrogens is 2. The lowest BCUT2D eigenvalue weighted by Gasteiger charge is -2.16. The molecule has 1 atom stereocenters. The van der Waals surface area contributed by atoms with Gasteiger partial charge in [0.1, 0.15) is 17.4 Å².